The molecule has 0 saturated carbocycles. The number of hydrogen-bond donors (Lipinski definition) is 1. The molecule has 1 heterocycles. The maximum atomic E-state index is 12.4. The fourth-order valence-corrected chi connectivity index (χ4v) is 3.09. The lowest BCUT2D eigenvalue weighted by Crippen LogP contribution is -2.28. The number of halogens is 3. The number of anilines is 1. The van der Waals surface area contributed by atoms with E-state index in [0.29, 0.717) is 23.8 Å². The Bertz CT molecular complexity index is 830. The molecule has 0 spiro atoms. The normalized spacial score (nSPS) is 16.7. The number of likely N-dealkylation sites (tertiary alicyclic amines) is 1. The van der Waals surface area contributed by atoms with Gasteiger partial charge in [0.15, 0.2) is 0 Å². The van der Waals surface area contributed by atoms with Crippen molar-refractivity contribution in [1.82, 2.24) is 4.90 Å². The molecule has 1 fully saturated rings. The molecule has 27 heavy (non-hydrogen) atoms. The van der Waals surface area contributed by atoms with Crippen LogP contribution >= 0.6 is 11.6 Å². The standard InChI is InChI=1S/C19H17ClF2N2O3/c20-16-4-2-1-3-12(16)10-24-11-13(9-17(24)25)18(26)23-14-5-7-15(8-6-14)27-19(21)22/h1-8,13,19H,9-11H2,(H,23,26)/t13-/m1/s1. The van der Waals surface area contributed by atoms with Crippen LogP contribution in [-0.4, -0.2) is 29.9 Å². The molecule has 0 unspecified atom stereocenters. The lowest BCUT2D eigenvalue weighted by molar-refractivity contribution is -0.128. The molecule has 2 aromatic rings. The molecule has 2 aromatic carbocycles. The lowest BCUT2D eigenvalue weighted by atomic mass is 10.1. The van der Waals surface area contributed by atoms with Gasteiger partial charge >= 0.3 is 6.61 Å². The molecule has 1 saturated heterocycles. The summed E-state index contributed by atoms with van der Waals surface area (Å²) in [5.41, 5.74) is 1.27. The minimum atomic E-state index is -2.90. The summed E-state index contributed by atoms with van der Waals surface area (Å²) in [5.74, 6) is -0.898. The van der Waals surface area contributed by atoms with Crippen LogP contribution in [0.1, 0.15) is 12.0 Å². The molecule has 1 aliphatic heterocycles. The van der Waals surface area contributed by atoms with Crippen LogP contribution in [0.5, 0.6) is 5.75 Å². The number of nitrogens with zero attached hydrogens (tertiary/aromatic N) is 1. The van der Waals surface area contributed by atoms with Crippen LogP contribution in [0.25, 0.3) is 0 Å². The van der Waals surface area contributed by atoms with Crippen molar-refractivity contribution >= 4 is 29.1 Å². The SMILES string of the molecule is O=C(Nc1ccc(OC(F)F)cc1)[C@@H]1CC(=O)N(Cc2ccccc2Cl)C1. The first-order valence-corrected chi connectivity index (χ1v) is 8.67. The van der Waals surface area contributed by atoms with Crippen molar-refractivity contribution in [3.8, 4) is 5.75 Å². The highest BCUT2D eigenvalue weighted by Gasteiger charge is 2.34. The number of ether oxygens (including phenoxy) is 1. The number of hydrogen-bond acceptors (Lipinski definition) is 3. The summed E-state index contributed by atoms with van der Waals surface area (Å²) in [7, 11) is 0. The summed E-state index contributed by atoms with van der Waals surface area (Å²) in [5, 5.41) is 3.27. The van der Waals surface area contributed by atoms with E-state index in [2.05, 4.69) is 10.1 Å². The Morgan fingerprint density at radius 1 is 1.22 bits per heavy atom. The number of alkyl halides is 2. The van der Waals surface area contributed by atoms with Crippen molar-refractivity contribution < 1.29 is 23.1 Å². The van der Waals surface area contributed by atoms with Gasteiger partial charge in [-0.2, -0.15) is 8.78 Å². The summed E-state index contributed by atoms with van der Waals surface area (Å²) in [6, 6.07) is 12.9. The van der Waals surface area contributed by atoms with Crippen LogP contribution in [-0.2, 0) is 16.1 Å². The van der Waals surface area contributed by atoms with Crippen molar-refractivity contribution in [2.45, 2.75) is 19.6 Å². The van der Waals surface area contributed by atoms with Crippen LogP contribution in [0.15, 0.2) is 48.5 Å². The first-order valence-electron chi connectivity index (χ1n) is 8.29. The van der Waals surface area contributed by atoms with E-state index in [1.54, 1.807) is 11.0 Å². The largest absolute Gasteiger partial charge is 0.435 e. The maximum absolute atomic E-state index is 12.4. The Balaban J connectivity index is 1.58. The second kappa shape index (κ2) is 8.35. The van der Waals surface area contributed by atoms with Crippen LogP contribution < -0.4 is 10.1 Å². The van der Waals surface area contributed by atoms with Gasteiger partial charge in [0.1, 0.15) is 5.75 Å². The second-order valence-corrected chi connectivity index (χ2v) is 6.57. The van der Waals surface area contributed by atoms with E-state index in [9.17, 15) is 18.4 Å². The number of carbonyl (C=O) groups is 2. The maximum Gasteiger partial charge on any atom is 0.387 e. The van der Waals surface area contributed by atoms with E-state index in [0.717, 1.165) is 5.56 Å². The van der Waals surface area contributed by atoms with Gasteiger partial charge in [0.05, 0.1) is 5.92 Å². The summed E-state index contributed by atoms with van der Waals surface area (Å²) in [6.45, 7) is -2.26. The number of benzene rings is 2. The monoisotopic (exact) mass is 394 g/mol. The lowest BCUT2D eigenvalue weighted by Gasteiger charge is -2.17. The van der Waals surface area contributed by atoms with Gasteiger partial charge in [-0.1, -0.05) is 29.8 Å². The van der Waals surface area contributed by atoms with E-state index < -0.39 is 12.5 Å². The van der Waals surface area contributed by atoms with Crippen molar-refractivity contribution in [3.63, 3.8) is 0 Å². The zero-order valence-corrected chi connectivity index (χ0v) is 15.0. The molecular formula is C19H17ClF2N2O3. The van der Waals surface area contributed by atoms with E-state index in [1.165, 1.54) is 24.3 Å². The van der Waals surface area contributed by atoms with Gasteiger partial charge < -0.3 is 15.0 Å². The van der Waals surface area contributed by atoms with Gasteiger partial charge in [0, 0.05) is 30.2 Å². The minimum absolute atomic E-state index is 0.00459. The third-order valence-corrected chi connectivity index (χ3v) is 4.62. The Hall–Kier alpha value is -2.67. The third-order valence-electron chi connectivity index (χ3n) is 4.25. The second-order valence-electron chi connectivity index (χ2n) is 6.16. The number of amides is 2. The Morgan fingerprint density at radius 3 is 2.59 bits per heavy atom. The van der Waals surface area contributed by atoms with Gasteiger partial charge in [-0.15, -0.1) is 0 Å². The first kappa shape index (κ1) is 19.1. The van der Waals surface area contributed by atoms with Gasteiger partial charge in [-0.05, 0) is 35.9 Å². The van der Waals surface area contributed by atoms with Gasteiger partial charge in [-0.3, -0.25) is 9.59 Å². The van der Waals surface area contributed by atoms with Crippen molar-refractivity contribution in [3.05, 3.63) is 59.1 Å². The van der Waals surface area contributed by atoms with E-state index >= 15 is 0 Å². The first-order chi connectivity index (χ1) is 12.9. The molecule has 0 aromatic heterocycles. The fourth-order valence-electron chi connectivity index (χ4n) is 2.90. The van der Waals surface area contributed by atoms with Crippen molar-refractivity contribution in [2.24, 2.45) is 5.92 Å². The predicted octanol–water partition coefficient (Wildman–Crippen LogP) is 3.93. The summed E-state index contributed by atoms with van der Waals surface area (Å²) < 4.78 is 28.6. The van der Waals surface area contributed by atoms with Crippen LogP contribution in [0, 0.1) is 5.92 Å². The molecule has 3 rings (SSSR count). The Morgan fingerprint density at radius 2 is 1.93 bits per heavy atom. The number of rotatable bonds is 6. The molecule has 1 aliphatic rings. The Labute approximate surface area is 159 Å². The summed E-state index contributed by atoms with van der Waals surface area (Å²) in [4.78, 5) is 26.2. The molecule has 5 nitrogen and oxygen atoms in total. The number of nitrogens with one attached hydrogen (secondary N) is 1. The van der Waals surface area contributed by atoms with Crippen LogP contribution in [0.2, 0.25) is 5.02 Å². The molecular weight excluding hydrogens is 378 g/mol. The quantitative estimate of drug-likeness (QED) is 0.807. The molecule has 1 N–H and O–H groups in total. The molecule has 2 amide bonds. The minimum Gasteiger partial charge on any atom is -0.435 e. The van der Waals surface area contributed by atoms with Gasteiger partial charge in [0.25, 0.3) is 0 Å². The Kier molecular flexibility index (Phi) is 5.91. The highest BCUT2D eigenvalue weighted by atomic mass is 35.5. The zero-order valence-electron chi connectivity index (χ0n) is 14.2. The molecule has 0 aliphatic carbocycles. The third kappa shape index (κ3) is 4.95. The topological polar surface area (TPSA) is 58.6 Å². The van der Waals surface area contributed by atoms with E-state index in [-0.39, 0.29) is 24.0 Å². The predicted molar refractivity (Wildman–Crippen MR) is 96.7 cm³/mol. The van der Waals surface area contributed by atoms with Gasteiger partial charge in [-0.25, -0.2) is 0 Å². The summed E-state index contributed by atoms with van der Waals surface area (Å²) >= 11 is 6.13. The molecule has 8 heteroatoms. The zero-order chi connectivity index (χ0) is 19.4. The van der Waals surface area contributed by atoms with Crippen molar-refractivity contribution in [1.29, 1.82) is 0 Å². The average molecular weight is 395 g/mol. The van der Waals surface area contributed by atoms with Crippen LogP contribution in [0.4, 0.5) is 14.5 Å². The number of carbonyl (C=O) groups excluding carboxylic acids is 2. The molecule has 142 valence electrons. The van der Waals surface area contributed by atoms with Crippen molar-refractivity contribution in [2.75, 3.05) is 11.9 Å². The highest BCUT2D eigenvalue weighted by molar-refractivity contribution is 6.31. The molecule has 0 bridgehead atoms. The molecule has 0 radical (unpaired) electrons. The van der Waals surface area contributed by atoms with E-state index in [1.807, 2.05) is 18.2 Å². The molecule has 1 atom stereocenters. The fraction of sp³-hybridized carbons (Fsp3) is 0.263. The van der Waals surface area contributed by atoms with E-state index in [4.69, 9.17) is 11.6 Å². The van der Waals surface area contributed by atoms with Crippen LogP contribution in [0.3, 0.4) is 0 Å². The van der Waals surface area contributed by atoms with Gasteiger partial charge in [0.2, 0.25) is 11.8 Å². The average Bonchev–Trinajstić information content (AvgIpc) is 2.99. The summed E-state index contributed by atoms with van der Waals surface area (Å²) in [6.07, 6.45) is 0.114. The smallest absolute Gasteiger partial charge is 0.387 e. The highest BCUT2D eigenvalue weighted by Crippen LogP contribution is 2.25.